The van der Waals surface area contributed by atoms with Gasteiger partial charge in [0.05, 0.1) is 0 Å². The highest BCUT2D eigenvalue weighted by molar-refractivity contribution is 5.99. The van der Waals surface area contributed by atoms with Gasteiger partial charge in [0.25, 0.3) is 5.91 Å². The number of carbonyl (C=O) groups excluding carboxylic acids is 2. The van der Waals surface area contributed by atoms with E-state index in [9.17, 15) is 9.59 Å². The van der Waals surface area contributed by atoms with Crippen molar-refractivity contribution in [2.75, 3.05) is 13.1 Å². The first-order chi connectivity index (χ1) is 11.1. The van der Waals surface area contributed by atoms with E-state index in [2.05, 4.69) is 0 Å². The second-order valence-electron chi connectivity index (χ2n) is 6.19. The SMILES string of the molecule is Cc1ccc(C(=O)C2CCCN(C(=O)c3ccccc3)C2)cc1. The van der Waals surface area contributed by atoms with Crippen molar-refractivity contribution in [3.8, 4) is 0 Å². The Labute approximate surface area is 136 Å². The van der Waals surface area contributed by atoms with Gasteiger partial charge in [0.2, 0.25) is 0 Å². The van der Waals surface area contributed by atoms with Crippen molar-refractivity contribution in [2.24, 2.45) is 5.92 Å². The van der Waals surface area contributed by atoms with Crippen LogP contribution in [0.4, 0.5) is 0 Å². The third kappa shape index (κ3) is 3.50. The van der Waals surface area contributed by atoms with Gasteiger partial charge in [-0.25, -0.2) is 0 Å². The van der Waals surface area contributed by atoms with Crippen LogP contribution in [0.25, 0.3) is 0 Å². The maximum absolute atomic E-state index is 12.7. The Bertz CT molecular complexity index is 691. The van der Waals surface area contributed by atoms with E-state index in [1.165, 1.54) is 0 Å². The van der Waals surface area contributed by atoms with Crippen LogP contribution in [0.3, 0.4) is 0 Å². The van der Waals surface area contributed by atoms with Gasteiger partial charge in [0.15, 0.2) is 5.78 Å². The Balaban J connectivity index is 1.72. The molecular formula is C20H21NO2. The lowest BCUT2D eigenvalue weighted by atomic mass is 9.89. The summed E-state index contributed by atoms with van der Waals surface area (Å²) in [5.74, 6) is 0.0710. The summed E-state index contributed by atoms with van der Waals surface area (Å²) in [6.45, 7) is 3.25. The third-order valence-electron chi connectivity index (χ3n) is 4.44. The molecule has 0 saturated carbocycles. The fourth-order valence-corrected chi connectivity index (χ4v) is 3.09. The number of benzene rings is 2. The molecule has 0 spiro atoms. The van der Waals surface area contributed by atoms with Gasteiger partial charge < -0.3 is 4.90 Å². The summed E-state index contributed by atoms with van der Waals surface area (Å²) >= 11 is 0. The van der Waals surface area contributed by atoms with Crippen LogP contribution in [0.1, 0.15) is 39.1 Å². The second-order valence-corrected chi connectivity index (χ2v) is 6.19. The van der Waals surface area contributed by atoms with Gasteiger partial charge in [0, 0.05) is 30.1 Å². The number of Topliss-reactive ketones (excluding diaryl/α,β-unsaturated/α-hetero) is 1. The van der Waals surface area contributed by atoms with Crippen LogP contribution in [0.15, 0.2) is 54.6 Å². The molecule has 1 fully saturated rings. The van der Waals surface area contributed by atoms with Crippen molar-refractivity contribution < 1.29 is 9.59 Å². The van der Waals surface area contributed by atoms with Crippen LogP contribution < -0.4 is 0 Å². The van der Waals surface area contributed by atoms with E-state index < -0.39 is 0 Å². The second kappa shape index (κ2) is 6.78. The summed E-state index contributed by atoms with van der Waals surface area (Å²) in [6, 6.07) is 17.0. The molecule has 2 aromatic rings. The minimum atomic E-state index is -0.0980. The molecule has 1 heterocycles. The number of nitrogens with zero attached hydrogens (tertiary/aromatic N) is 1. The lowest BCUT2D eigenvalue weighted by Gasteiger charge is -2.32. The number of likely N-dealkylation sites (tertiary alicyclic amines) is 1. The molecule has 3 nitrogen and oxygen atoms in total. The molecule has 0 bridgehead atoms. The molecule has 1 amide bonds. The predicted molar refractivity (Wildman–Crippen MR) is 90.6 cm³/mol. The Morgan fingerprint density at radius 2 is 1.65 bits per heavy atom. The molecule has 1 saturated heterocycles. The number of amides is 1. The van der Waals surface area contributed by atoms with Crippen molar-refractivity contribution in [2.45, 2.75) is 19.8 Å². The van der Waals surface area contributed by atoms with Crippen molar-refractivity contribution in [3.05, 3.63) is 71.3 Å². The van der Waals surface area contributed by atoms with E-state index >= 15 is 0 Å². The fraction of sp³-hybridized carbons (Fsp3) is 0.300. The van der Waals surface area contributed by atoms with Crippen LogP contribution >= 0.6 is 0 Å². The topological polar surface area (TPSA) is 37.4 Å². The molecule has 2 aromatic carbocycles. The maximum Gasteiger partial charge on any atom is 0.253 e. The van der Waals surface area contributed by atoms with Gasteiger partial charge >= 0.3 is 0 Å². The summed E-state index contributed by atoms with van der Waals surface area (Å²) in [4.78, 5) is 27.1. The molecule has 1 aliphatic heterocycles. The summed E-state index contributed by atoms with van der Waals surface area (Å²) in [7, 11) is 0. The number of hydrogen-bond donors (Lipinski definition) is 0. The summed E-state index contributed by atoms with van der Waals surface area (Å²) in [6.07, 6.45) is 1.73. The Morgan fingerprint density at radius 3 is 2.35 bits per heavy atom. The van der Waals surface area contributed by atoms with Crippen molar-refractivity contribution in [1.82, 2.24) is 4.90 Å². The van der Waals surface area contributed by atoms with Crippen molar-refractivity contribution in [3.63, 3.8) is 0 Å². The Kier molecular flexibility index (Phi) is 4.56. The molecule has 23 heavy (non-hydrogen) atoms. The lowest BCUT2D eigenvalue weighted by molar-refractivity contribution is 0.0637. The molecule has 1 unspecified atom stereocenters. The molecule has 0 aromatic heterocycles. The van der Waals surface area contributed by atoms with Crippen molar-refractivity contribution in [1.29, 1.82) is 0 Å². The smallest absolute Gasteiger partial charge is 0.253 e. The highest BCUT2D eigenvalue weighted by Gasteiger charge is 2.29. The van der Waals surface area contributed by atoms with Gasteiger partial charge in [-0.05, 0) is 31.9 Å². The normalized spacial score (nSPS) is 17.8. The highest BCUT2D eigenvalue weighted by Crippen LogP contribution is 2.22. The van der Waals surface area contributed by atoms with E-state index in [4.69, 9.17) is 0 Å². The number of carbonyl (C=O) groups is 2. The van der Waals surface area contributed by atoms with Gasteiger partial charge in [-0.1, -0.05) is 48.0 Å². The first-order valence-electron chi connectivity index (χ1n) is 8.10. The van der Waals surface area contributed by atoms with E-state index in [1.807, 2.05) is 66.4 Å². The molecule has 0 aliphatic carbocycles. The molecular weight excluding hydrogens is 286 g/mol. The van der Waals surface area contributed by atoms with E-state index in [1.54, 1.807) is 0 Å². The zero-order valence-electron chi connectivity index (χ0n) is 13.4. The molecule has 3 heteroatoms. The van der Waals surface area contributed by atoms with E-state index in [0.29, 0.717) is 12.1 Å². The number of hydrogen-bond acceptors (Lipinski definition) is 2. The van der Waals surface area contributed by atoms with Gasteiger partial charge in [-0.2, -0.15) is 0 Å². The van der Waals surface area contributed by atoms with Crippen LogP contribution in [0.5, 0.6) is 0 Å². The summed E-state index contributed by atoms with van der Waals surface area (Å²) in [5.41, 5.74) is 2.58. The standard InChI is InChI=1S/C20H21NO2/c1-15-9-11-16(12-10-15)19(22)18-8-5-13-21(14-18)20(23)17-6-3-2-4-7-17/h2-4,6-7,9-12,18H,5,8,13-14H2,1H3. The number of piperidine rings is 1. The van der Waals surface area contributed by atoms with Gasteiger partial charge in [0.1, 0.15) is 0 Å². The van der Waals surface area contributed by atoms with Crippen LogP contribution in [-0.2, 0) is 0 Å². The largest absolute Gasteiger partial charge is 0.338 e. The zero-order valence-corrected chi connectivity index (χ0v) is 13.4. The molecule has 0 radical (unpaired) electrons. The molecule has 1 aliphatic rings. The molecule has 118 valence electrons. The average Bonchev–Trinajstić information content (AvgIpc) is 2.62. The quantitative estimate of drug-likeness (QED) is 0.810. The fourth-order valence-electron chi connectivity index (χ4n) is 3.09. The van der Waals surface area contributed by atoms with Crippen LogP contribution in [0, 0.1) is 12.8 Å². The van der Waals surface area contributed by atoms with Crippen molar-refractivity contribution >= 4 is 11.7 Å². The minimum absolute atomic E-state index is 0.0204. The molecule has 3 rings (SSSR count). The Morgan fingerprint density at radius 1 is 0.957 bits per heavy atom. The highest BCUT2D eigenvalue weighted by atomic mass is 16.2. The first-order valence-corrected chi connectivity index (χ1v) is 8.10. The Hall–Kier alpha value is -2.42. The number of rotatable bonds is 3. The van der Waals surface area contributed by atoms with Crippen LogP contribution in [-0.4, -0.2) is 29.7 Å². The lowest BCUT2D eigenvalue weighted by Crippen LogP contribution is -2.42. The maximum atomic E-state index is 12.7. The van der Waals surface area contributed by atoms with E-state index in [-0.39, 0.29) is 17.6 Å². The monoisotopic (exact) mass is 307 g/mol. The summed E-state index contributed by atoms with van der Waals surface area (Å²) in [5, 5.41) is 0. The average molecular weight is 307 g/mol. The van der Waals surface area contributed by atoms with Crippen LogP contribution in [0.2, 0.25) is 0 Å². The predicted octanol–water partition coefficient (Wildman–Crippen LogP) is 3.73. The number of ketones is 1. The third-order valence-corrected chi connectivity index (χ3v) is 4.44. The molecule has 1 atom stereocenters. The van der Waals surface area contributed by atoms with Gasteiger partial charge in [-0.15, -0.1) is 0 Å². The van der Waals surface area contributed by atoms with E-state index in [0.717, 1.165) is 30.5 Å². The number of aryl methyl sites for hydroxylation is 1. The minimum Gasteiger partial charge on any atom is -0.338 e. The summed E-state index contributed by atoms with van der Waals surface area (Å²) < 4.78 is 0. The van der Waals surface area contributed by atoms with Gasteiger partial charge in [-0.3, -0.25) is 9.59 Å². The first kappa shape index (κ1) is 15.5. The zero-order chi connectivity index (χ0) is 16.2. The molecule has 0 N–H and O–H groups in total.